The number of nitrogens with zero attached hydrogens (tertiary/aromatic N) is 1. The van der Waals surface area contributed by atoms with Gasteiger partial charge in [-0.25, -0.2) is 9.78 Å². The molecule has 0 saturated heterocycles. The number of ether oxygens (including phenoxy) is 1. The van der Waals surface area contributed by atoms with Crippen molar-refractivity contribution in [2.45, 2.75) is 0 Å². The molecule has 1 aromatic carbocycles. The van der Waals surface area contributed by atoms with Crippen LogP contribution in [0.25, 0.3) is 33.6 Å². The van der Waals surface area contributed by atoms with Crippen molar-refractivity contribution >= 4 is 39.6 Å². The maximum atomic E-state index is 11.9. The molecule has 124 valence electrons. The summed E-state index contributed by atoms with van der Waals surface area (Å²) >= 11 is 0. The van der Waals surface area contributed by atoms with Crippen molar-refractivity contribution in [3.63, 3.8) is 0 Å². The highest BCUT2D eigenvalue weighted by molar-refractivity contribution is 6.24. The lowest BCUT2D eigenvalue weighted by molar-refractivity contribution is -0.130. The van der Waals surface area contributed by atoms with Gasteiger partial charge in [-0.05, 0) is 36.4 Å². The number of hydrogen-bond donors (Lipinski definition) is 3. The summed E-state index contributed by atoms with van der Waals surface area (Å²) < 4.78 is 5.26. The van der Waals surface area contributed by atoms with E-state index in [9.17, 15) is 9.90 Å². The first-order chi connectivity index (χ1) is 12.2. The van der Waals surface area contributed by atoms with Gasteiger partial charge in [-0.1, -0.05) is 0 Å². The molecular formula is C19H15N3O3. The molecular weight excluding hydrogens is 318 g/mol. The number of H-pyrrole nitrogens is 2. The fourth-order valence-corrected chi connectivity index (χ4v) is 2.96. The highest BCUT2D eigenvalue weighted by Gasteiger charge is 2.17. The molecule has 3 aromatic heterocycles. The first kappa shape index (κ1) is 15.0. The molecule has 0 radical (unpaired) electrons. The third-order valence-electron chi connectivity index (χ3n) is 4.19. The number of aromatic nitrogens is 3. The molecule has 0 aliphatic carbocycles. The number of aromatic amines is 2. The van der Waals surface area contributed by atoms with E-state index in [0.717, 1.165) is 27.5 Å². The standard InChI is InChI=1S/C19H15N3O3/c1-25-12-4-5-17-14(8-12)16(10-21-17)15(19(23)24)7-11-9-22-18-13(11)3-2-6-20-18/h2-10,21H,1H3,(H,20,22)(H,23,24). The molecule has 0 aliphatic rings. The van der Waals surface area contributed by atoms with E-state index in [2.05, 4.69) is 15.0 Å². The van der Waals surface area contributed by atoms with Crippen LogP contribution in [-0.4, -0.2) is 33.1 Å². The summed E-state index contributed by atoms with van der Waals surface area (Å²) in [5, 5.41) is 11.4. The average molecular weight is 333 g/mol. The molecule has 0 bridgehead atoms. The lowest BCUT2D eigenvalue weighted by Gasteiger charge is -2.03. The van der Waals surface area contributed by atoms with Crippen molar-refractivity contribution in [2.75, 3.05) is 7.11 Å². The van der Waals surface area contributed by atoms with Crippen LogP contribution in [-0.2, 0) is 4.79 Å². The van der Waals surface area contributed by atoms with Crippen molar-refractivity contribution in [3.05, 3.63) is 60.0 Å². The zero-order valence-electron chi connectivity index (χ0n) is 13.4. The van der Waals surface area contributed by atoms with E-state index in [1.54, 1.807) is 31.8 Å². The smallest absolute Gasteiger partial charge is 0.336 e. The predicted molar refractivity (Wildman–Crippen MR) is 96.5 cm³/mol. The second kappa shape index (κ2) is 5.83. The van der Waals surface area contributed by atoms with Gasteiger partial charge in [0.25, 0.3) is 0 Å². The summed E-state index contributed by atoms with van der Waals surface area (Å²) in [6, 6.07) is 9.26. The van der Waals surface area contributed by atoms with E-state index >= 15 is 0 Å². The Morgan fingerprint density at radius 1 is 1.20 bits per heavy atom. The second-order valence-electron chi connectivity index (χ2n) is 5.62. The van der Waals surface area contributed by atoms with Gasteiger partial charge in [-0.15, -0.1) is 0 Å². The number of rotatable bonds is 4. The monoisotopic (exact) mass is 333 g/mol. The molecule has 6 nitrogen and oxygen atoms in total. The summed E-state index contributed by atoms with van der Waals surface area (Å²) in [4.78, 5) is 22.3. The molecule has 25 heavy (non-hydrogen) atoms. The zero-order valence-corrected chi connectivity index (χ0v) is 13.4. The first-order valence-corrected chi connectivity index (χ1v) is 7.70. The predicted octanol–water partition coefficient (Wildman–Crippen LogP) is 3.68. The van der Waals surface area contributed by atoms with Gasteiger partial charge in [0.05, 0.1) is 12.7 Å². The number of benzene rings is 1. The number of nitrogens with one attached hydrogen (secondary N) is 2. The highest BCUT2D eigenvalue weighted by atomic mass is 16.5. The molecule has 3 heterocycles. The number of carboxylic acid groups (broad SMARTS) is 1. The number of pyridine rings is 1. The number of methoxy groups -OCH3 is 1. The number of carboxylic acids is 1. The normalized spacial score (nSPS) is 12.0. The van der Waals surface area contributed by atoms with Gasteiger partial charge < -0.3 is 19.8 Å². The molecule has 0 amide bonds. The van der Waals surface area contributed by atoms with Crippen LogP contribution in [0.15, 0.2) is 48.9 Å². The molecule has 6 heteroatoms. The third kappa shape index (κ3) is 2.53. The zero-order chi connectivity index (χ0) is 17.4. The fourth-order valence-electron chi connectivity index (χ4n) is 2.96. The number of hydrogen-bond acceptors (Lipinski definition) is 3. The van der Waals surface area contributed by atoms with Gasteiger partial charge >= 0.3 is 5.97 Å². The van der Waals surface area contributed by atoms with Gasteiger partial charge in [0.1, 0.15) is 11.4 Å². The molecule has 0 spiro atoms. The number of carbonyl (C=O) groups is 1. The molecule has 4 rings (SSSR count). The molecule has 0 fully saturated rings. The molecule has 0 saturated carbocycles. The molecule has 0 aliphatic heterocycles. The van der Waals surface area contributed by atoms with E-state index in [4.69, 9.17) is 4.74 Å². The first-order valence-electron chi connectivity index (χ1n) is 7.70. The van der Waals surface area contributed by atoms with Crippen LogP contribution in [0.3, 0.4) is 0 Å². The topological polar surface area (TPSA) is 91.0 Å². The van der Waals surface area contributed by atoms with Crippen molar-refractivity contribution in [2.24, 2.45) is 0 Å². The summed E-state index contributed by atoms with van der Waals surface area (Å²) in [5.74, 6) is -0.323. The van der Waals surface area contributed by atoms with Gasteiger partial charge in [-0.3, -0.25) is 0 Å². The minimum atomic E-state index is -0.998. The van der Waals surface area contributed by atoms with Crippen LogP contribution in [0.5, 0.6) is 5.75 Å². The van der Waals surface area contributed by atoms with Crippen molar-refractivity contribution in [1.82, 2.24) is 15.0 Å². The Morgan fingerprint density at radius 2 is 2.08 bits per heavy atom. The summed E-state index contributed by atoms with van der Waals surface area (Å²) in [6.07, 6.45) is 6.81. The Hall–Kier alpha value is -3.54. The van der Waals surface area contributed by atoms with E-state index in [0.29, 0.717) is 11.3 Å². The van der Waals surface area contributed by atoms with Crippen molar-refractivity contribution in [1.29, 1.82) is 0 Å². The summed E-state index contributed by atoms with van der Waals surface area (Å²) in [6.45, 7) is 0. The number of aliphatic carboxylic acids is 1. The van der Waals surface area contributed by atoms with E-state index in [1.165, 1.54) is 0 Å². The van der Waals surface area contributed by atoms with E-state index in [-0.39, 0.29) is 5.57 Å². The maximum absolute atomic E-state index is 11.9. The van der Waals surface area contributed by atoms with Gasteiger partial charge in [0.15, 0.2) is 0 Å². The van der Waals surface area contributed by atoms with Crippen LogP contribution in [0.2, 0.25) is 0 Å². The summed E-state index contributed by atoms with van der Waals surface area (Å²) in [5.41, 5.74) is 3.16. The quantitative estimate of drug-likeness (QED) is 0.497. The Morgan fingerprint density at radius 3 is 2.88 bits per heavy atom. The van der Waals surface area contributed by atoms with Crippen LogP contribution in [0.1, 0.15) is 11.1 Å². The Balaban J connectivity index is 1.92. The largest absolute Gasteiger partial charge is 0.497 e. The van der Waals surface area contributed by atoms with Gasteiger partial charge in [0, 0.05) is 46.0 Å². The SMILES string of the molecule is COc1ccc2[nH]cc(C(=Cc3c[nH]c4ncccc34)C(=O)O)c2c1. The summed E-state index contributed by atoms with van der Waals surface area (Å²) in [7, 11) is 1.58. The molecule has 0 atom stereocenters. The minimum absolute atomic E-state index is 0.198. The maximum Gasteiger partial charge on any atom is 0.336 e. The second-order valence-corrected chi connectivity index (χ2v) is 5.62. The van der Waals surface area contributed by atoms with E-state index in [1.807, 2.05) is 30.3 Å². The van der Waals surface area contributed by atoms with Crippen molar-refractivity contribution in [3.8, 4) is 5.75 Å². The average Bonchev–Trinajstić information content (AvgIpc) is 3.23. The van der Waals surface area contributed by atoms with Gasteiger partial charge in [0.2, 0.25) is 0 Å². The lowest BCUT2D eigenvalue weighted by atomic mass is 10.0. The molecule has 3 N–H and O–H groups in total. The Labute approximate surface area is 142 Å². The van der Waals surface area contributed by atoms with E-state index < -0.39 is 5.97 Å². The Bertz CT molecular complexity index is 1120. The minimum Gasteiger partial charge on any atom is -0.497 e. The molecule has 0 unspecified atom stereocenters. The van der Waals surface area contributed by atoms with Crippen LogP contribution in [0, 0.1) is 0 Å². The number of fused-ring (bicyclic) bond motifs is 2. The van der Waals surface area contributed by atoms with Crippen molar-refractivity contribution < 1.29 is 14.6 Å². The van der Waals surface area contributed by atoms with Crippen LogP contribution < -0.4 is 4.74 Å². The molecule has 4 aromatic rings. The third-order valence-corrected chi connectivity index (χ3v) is 4.19. The highest BCUT2D eigenvalue weighted by Crippen LogP contribution is 2.31. The van der Waals surface area contributed by atoms with Gasteiger partial charge in [-0.2, -0.15) is 0 Å². The lowest BCUT2D eigenvalue weighted by Crippen LogP contribution is -1.99. The Kier molecular flexibility index (Phi) is 3.50. The van der Waals surface area contributed by atoms with Crippen LogP contribution in [0.4, 0.5) is 0 Å². The fraction of sp³-hybridized carbons (Fsp3) is 0.0526. The van der Waals surface area contributed by atoms with Crippen LogP contribution >= 0.6 is 0 Å².